The molecule has 6 aromatic rings. The molecule has 2 heteroatoms. The molecule has 2 aromatic heterocycles. The van der Waals surface area contributed by atoms with Crippen molar-refractivity contribution in [3.8, 4) is 5.69 Å². The standard InChI is InChI=1S/C26H18N2/c1-2-17-9-8-13-21-22-16-15-20-19-12-6-7-14-23(19)27-24(20)26(22)28(25(17)21)18-10-4-3-5-11-18/h2-16,27H,1H2. The fraction of sp³-hybridized carbons (Fsp3) is 0. The van der Waals surface area contributed by atoms with Crippen molar-refractivity contribution in [2.75, 3.05) is 0 Å². The molecule has 1 N–H and O–H groups in total. The SMILES string of the molecule is C=Cc1cccc2c3ccc4c5ccccc5[nH]c4c3n(-c3ccccc3)c12. The number of rotatable bonds is 2. The Morgan fingerprint density at radius 2 is 1.36 bits per heavy atom. The van der Waals surface area contributed by atoms with E-state index in [0.29, 0.717) is 0 Å². The van der Waals surface area contributed by atoms with Gasteiger partial charge in [0.25, 0.3) is 0 Å². The van der Waals surface area contributed by atoms with Crippen molar-refractivity contribution in [3.63, 3.8) is 0 Å². The van der Waals surface area contributed by atoms with Crippen LogP contribution in [-0.2, 0) is 0 Å². The van der Waals surface area contributed by atoms with Crippen molar-refractivity contribution >= 4 is 49.7 Å². The lowest BCUT2D eigenvalue weighted by Crippen LogP contribution is -1.95. The van der Waals surface area contributed by atoms with Gasteiger partial charge in [-0.3, -0.25) is 0 Å². The largest absolute Gasteiger partial charge is 0.353 e. The summed E-state index contributed by atoms with van der Waals surface area (Å²) >= 11 is 0. The summed E-state index contributed by atoms with van der Waals surface area (Å²) in [6.07, 6.45) is 1.95. The Balaban J connectivity index is 1.94. The third-order valence-corrected chi connectivity index (χ3v) is 5.69. The minimum absolute atomic E-state index is 1.14. The molecule has 0 aliphatic carbocycles. The Kier molecular flexibility index (Phi) is 3.06. The summed E-state index contributed by atoms with van der Waals surface area (Å²) in [5.74, 6) is 0. The van der Waals surface area contributed by atoms with Gasteiger partial charge in [0.05, 0.1) is 16.6 Å². The predicted octanol–water partition coefficient (Wildman–Crippen LogP) is 7.06. The number of H-pyrrole nitrogens is 1. The number of nitrogens with zero attached hydrogens (tertiary/aromatic N) is 1. The quantitative estimate of drug-likeness (QED) is 0.342. The average molecular weight is 358 g/mol. The van der Waals surface area contributed by atoms with Crippen LogP contribution in [0.25, 0.3) is 55.4 Å². The summed E-state index contributed by atoms with van der Waals surface area (Å²) in [7, 11) is 0. The van der Waals surface area contributed by atoms with E-state index >= 15 is 0 Å². The second kappa shape index (κ2) is 5.61. The van der Waals surface area contributed by atoms with Gasteiger partial charge in [-0.1, -0.05) is 79.4 Å². The summed E-state index contributed by atoms with van der Waals surface area (Å²) in [6, 6.07) is 30.0. The number of nitrogens with one attached hydrogen (secondary N) is 1. The lowest BCUT2D eigenvalue weighted by molar-refractivity contribution is 1.18. The average Bonchev–Trinajstić information content (AvgIpc) is 3.30. The Labute approximate surface area is 162 Å². The first-order chi connectivity index (χ1) is 13.9. The lowest BCUT2D eigenvalue weighted by atomic mass is 10.1. The molecule has 28 heavy (non-hydrogen) atoms. The van der Waals surface area contributed by atoms with E-state index in [1.165, 1.54) is 43.6 Å². The van der Waals surface area contributed by atoms with Crippen LogP contribution in [0.15, 0.2) is 91.5 Å². The highest BCUT2D eigenvalue weighted by molar-refractivity contribution is 6.23. The molecule has 0 fully saturated rings. The van der Waals surface area contributed by atoms with E-state index in [1.807, 2.05) is 6.08 Å². The van der Waals surface area contributed by atoms with Crippen LogP contribution >= 0.6 is 0 Å². The molecule has 0 radical (unpaired) electrons. The summed E-state index contributed by atoms with van der Waals surface area (Å²) in [5, 5.41) is 5.01. The van der Waals surface area contributed by atoms with E-state index in [1.54, 1.807) is 0 Å². The molecule has 0 aliphatic heterocycles. The molecule has 0 spiro atoms. The minimum atomic E-state index is 1.14. The highest BCUT2D eigenvalue weighted by Gasteiger charge is 2.18. The van der Waals surface area contributed by atoms with Gasteiger partial charge in [0.2, 0.25) is 0 Å². The second-order valence-electron chi connectivity index (χ2n) is 7.17. The Morgan fingerprint density at radius 1 is 0.643 bits per heavy atom. The highest BCUT2D eigenvalue weighted by Crippen LogP contribution is 2.39. The Morgan fingerprint density at radius 3 is 2.21 bits per heavy atom. The van der Waals surface area contributed by atoms with E-state index in [9.17, 15) is 0 Å². The van der Waals surface area contributed by atoms with Gasteiger partial charge in [-0.25, -0.2) is 0 Å². The van der Waals surface area contributed by atoms with Crippen LogP contribution in [0.2, 0.25) is 0 Å². The monoisotopic (exact) mass is 358 g/mol. The number of aromatic nitrogens is 2. The molecule has 0 aliphatic rings. The maximum Gasteiger partial charge on any atom is 0.0783 e. The van der Waals surface area contributed by atoms with Crippen molar-refractivity contribution in [1.29, 1.82) is 0 Å². The maximum absolute atomic E-state index is 4.06. The van der Waals surface area contributed by atoms with Crippen LogP contribution in [0.4, 0.5) is 0 Å². The van der Waals surface area contributed by atoms with Crippen molar-refractivity contribution < 1.29 is 0 Å². The summed E-state index contributed by atoms with van der Waals surface area (Å²) < 4.78 is 2.37. The molecule has 2 nitrogen and oxygen atoms in total. The first-order valence-electron chi connectivity index (χ1n) is 9.51. The number of benzene rings is 4. The Bertz CT molecular complexity index is 1510. The molecule has 0 amide bonds. The van der Waals surface area contributed by atoms with Crippen LogP contribution in [0.3, 0.4) is 0 Å². The topological polar surface area (TPSA) is 20.7 Å². The molecular weight excluding hydrogens is 340 g/mol. The van der Waals surface area contributed by atoms with Gasteiger partial charge in [0.1, 0.15) is 0 Å². The van der Waals surface area contributed by atoms with Crippen LogP contribution < -0.4 is 0 Å². The van der Waals surface area contributed by atoms with Gasteiger partial charge in [-0.05, 0) is 23.8 Å². The zero-order chi connectivity index (χ0) is 18.7. The lowest BCUT2D eigenvalue weighted by Gasteiger charge is -2.10. The third kappa shape index (κ3) is 1.92. The van der Waals surface area contributed by atoms with Crippen LogP contribution in [0.5, 0.6) is 0 Å². The fourth-order valence-electron chi connectivity index (χ4n) is 4.49. The molecule has 6 rings (SSSR count). The van der Waals surface area contributed by atoms with E-state index < -0.39 is 0 Å². The van der Waals surface area contributed by atoms with Gasteiger partial charge < -0.3 is 9.55 Å². The number of para-hydroxylation sites is 3. The van der Waals surface area contributed by atoms with Crippen molar-refractivity contribution in [3.05, 3.63) is 97.1 Å². The van der Waals surface area contributed by atoms with E-state index in [2.05, 4.69) is 101 Å². The molecular formula is C26H18N2. The number of fused-ring (bicyclic) bond motifs is 7. The summed E-state index contributed by atoms with van der Waals surface area (Å²) in [6.45, 7) is 4.06. The molecule has 0 saturated heterocycles. The van der Waals surface area contributed by atoms with Crippen molar-refractivity contribution in [1.82, 2.24) is 9.55 Å². The fourth-order valence-corrected chi connectivity index (χ4v) is 4.49. The smallest absolute Gasteiger partial charge is 0.0783 e. The van der Waals surface area contributed by atoms with Gasteiger partial charge in [0, 0.05) is 32.7 Å². The molecule has 132 valence electrons. The zero-order valence-electron chi connectivity index (χ0n) is 15.3. The molecule has 0 unspecified atom stereocenters. The third-order valence-electron chi connectivity index (χ3n) is 5.69. The molecule has 0 saturated carbocycles. The molecule has 2 heterocycles. The second-order valence-corrected chi connectivity index (χ2v) is 7.17. The van der Waals surface area contributed by atoms with Crippen LogP contribution in [0, 0.1) is 0 Å². The summed E-state index contributed by atoms with van der Waals surface area (Å²) in [4.78, 5) is 3.68. The van der Waals surface area contributed by atoms with Crippen molar-refractivity contribution in [2.24, 2.45) is 0 Å². The van der Waals surface area contributed by atoms with E-state index in [4.69, 9.17) is 0 Å². The maximum atomic E-state index is 4.06. The molecule has 0 atom stereocenters. The van der Waals surface area contributed by atoms with E-state index in [0.717, 1.165) is 11.3 Å². The Hall–Kier alpha value is -3.78. The number of hydrogen-bond donors (Lipinski definition) is 1. The van der Waals surface area contributed by atoms with Gasteiger partial charge in [0.15, 0.2) is 0 Å². The van der Waals surface area contributed by atoms with Gasteiger partial charge in [-0.15, -0.1) is 0 Å². The zero-order valence-corrected chi connectivity index (χ0v) is 15.3. The van der Waals surface area contributed by atoms with Crippen molar-refractivity contribution in [2.45, 2.75) is 0 Å². The number of aromatic amines is 1. The van der Waals surface area contributed by atoms with Gasteiger partial charge >= 0.3 is 0 Å². The first kappa shape index (κ1) is 15.3. The normalized spacial score (nSPS) is 11.7. The minimum Gasteiger partial charge on any atom is -0.353 e. The highest BCUT2D eigenvalue weighted by atomic mass is 15.0. The molecule has 0 bridgehead atoms. The van der Waals surface area contributed by atoms with Crippen LogP contribution in [0.1, 0.15) is 5.56 Å². The first-order valence-corrected chi connectivity index (χ1v) is 9.51. The molecule has 4 aromatic carbocycles. The number of hydrogen-bond acceptors (Lipinski definition) is 0. The summed E-state index contributed by atoms with van der Waals surface area (Å²) in [5.41, 5.74) is 7.05. The van der Waals surface area contributed by atoms with Crippen LogP contribution in [-0.4, -0.2) is 9.55 Å². The predicted molar refractivity (Wildman–Crippen MR) is 120 cm³/mol. The van der Waals surface area contributed by atoms with Gasteiger partial charge in [-0.2, -0.15) is 0 Å². The van der Waals surface area contributed by atoms with E-state index in [-0.39, 0.29) is 0 Å².